The molecule has 1 aromatic rings. The Kier molecular flexibility index (Phi) is 3.98. The number of hydrogen-bond donors (Lipinski definition) is 1. The van der Waals surface area contributed by atoms with Crippen LogP contribution >= 0.6 is 0 Å². The van der Waals surface area contributed by atoms with E-state index in [2.05, 4.69) is 11.4 Å². The van der Waals surface area contributed by atoms with E-state index in [1.807, 2.05) is 12.1 Å². The second-order valence-corrected chi connectivity index (χ2v) is 8.03. The summed E-state index contributed by atoms with van der Waals surface area (Å²) in [6, 6.07) is 6.21. The molecule has 2 aliphatic heterocycles. The van der Waals surface area contributed by atoms with Crippen LogP contribution in [-0.4, -0.2) is 33.1 Å². The molecule has 0 amide bonds. The molecule has 0 aromatic heterocycles. The van der Waals surface area contributed by atoms with E-state index < -0.39 is 9.84 Å². The lowest BCUT2D eigenvalue weighted by Gasteiger charge is -2.24. The van der Waals surface area contributed by atoms with Crippen LogP contribution in [0.2, 0.25) is 0 Å². The first-order valence-corrected chi connectivity index (χ1v) is 9.11. The van der Waals surface area contributed by atoms with Gasteiger partial charge in [-0.1, -0.05) is 12.1 Å². The van der Waals surface area contributed by atoms with E-state index in [0.29, 0.717) is 24.0 Å². The summed E-state index contributed by atoms with van der Waals surface area (Å²) < 4.78 is 28.8. The van der Waals surface area contributed by atoms with Gasteiger partial charge in [-0.05, 0) is 48.9 Å². The number of benzene rings is 1. The van der Waals surface area contributed by atoms with Gasteiger partial charge in [-0.3, -0.25) is 0 Å². The zero-order valence-electron chi connectivity index (χ0n) is 11.6. The van der Waals surface area contributed by atoms with Crippen molar-refractivity contribution in [1.29, 1.82) is 0 Å². The van der Waals surface area contributed by atoms with Crippen LogP contribution in [0.1, 0.15) is 24.0 Å². The predicted octanol–water partition coefficient (Wildman–Crippen LogP) is 1.54. The van der Waals surface area contributed by atoms with E-state index in [0.717, 1.165) is 38.1 Å². The molecule has 20 heavy (non-hydrogen) atoms. The minimum atomic E-state index is -2.78. The zero-order valence-corrected chi connectivity index (χ0v) is 12.4. The first-order chi connectivity index (χ1) is 9.64. The Bertz CT molecular complexity index is 569. The van der Waals surface area contributed by atoms with Crippen molar-refractivity contribution in [2.75, 3.05) is 24.7 Å². The van der Waals surface area contributed by atoms with E-state index in [1.165, 1.54) is 11.1 Å². The lowest BCUT2D eigenvalue weighted by atomic mass is 10.00. The molecule has 1 saturated heterocycles. The highest BCUT2D eigenvalue weighted by Gasteiger charge is 2.24. The average molecular weight is 295 g/mol. The Morgan fingerprint density at radius 3 is 2.85 bits per heavy atom. The minimum Gasteiger partial charge on any atom is -0.493 e. The van der Waals surface area contributed by atoms with E-state index >= 15 is 0 Å². The summed E-state index contributed by atoms with van der Waals surface area (Å²) in [7, 11) is -2.78. The summed E-state index contributed by atoms with van der Waals surface area (Å²) in [6.07, 6.45) is 2.47. The molecule has 0 radical (unpaired) electrons. The smallest absolute Gasteiger partial charge is 0.150 e. The molecule has 1 N–H and O–H groups in total. The molecule has 1 aromatic carbocycles. The van der Waals surface area contributed by atoms with Gasteiger partial charge < -0.3 is 10.1 Å². The summed E-state index contributed by atoms with van der Waals surface area (Å²) in [6.45, 7) is 2.54. The molecule has 2 heterocycles. The number of hydrogen-bond acceptors (Lipinski definition) is 4. The molecule has 110 valence electrons. The van der Waals surface area contributed by atoms with Crippen molar-refractivity contribution in [2.24, 2.45) is 5.92 Å². The Hall–Kier alpha value is -1.07. The van der Waals surface area contributed by atoms with E-state index in [1.54, 1.807) is 0 Å². The second-order valence-electron chi connectivity index (χ2n) is 5.73. The van der Waals surface area contributed by atoms with Gasteiger partial charge in [0, 0.05) is 6.54 Å². The van der Waals surface area contributed by atoms with Crippen molar-refractivity contribution in [3.63, 3.8) is 0 Å². The number of nitrogens with one attached hydrogen (secondary N) is 1. The van der Waals surface area contributed by atoms with Gasteiger partial charge >= 0.3 is 0 Å². The van der Waals surface area contributed by atoms with Crippen LogP contribution in [0.5, 0.6) is 5.75 Å². The maximum Gasteiger partial charge on any atom is 0.150 e. The van der Waals surface area contributed by atoms with Crippen molar-refractivity contribution in [2.45, 2.75) is 25.8 Å². The summed E-state index contributed by atoms with van der Waals surface area (Å²) in [5, 5.41) is 3.36. The van der Waals surface area contributed by atoms with E-state index in [4.69, 9.17) is 4.74 Å². The van der Waals surface area contributed by atoms with Crippen LogP contribution < -0.4 is 10.1 Å². The molecule has 5 heteroatoms. The Labute approximate surface area is 120 Å². The molecule has 4 nitrogen and oxygen atoms in total. The van der Waals surface area contributed by atoms with Crippen molar-refractivity contribution >= 4 is 9.84 Å². The van der Waals surface area contributed by atoms with Crippen molar-refractivity contribution < 1.29 is 13.2 Å². The first kappa shape index (κ1) is 13.9. The highest BCUT2D eigenvalue weighted by molar-refractivity contribution is 7.91. The van der Waals surface area contributed by atoms with Crippen LogP contribution in [0.25, 0.3) is 0 Å². The third kappa shape index (κ3) is 3.15. The van der Waals surface area contributed by atoms with Crippen LogP contribution in [0.3, 0.4) is 0 Å². The molecule has 0 spiro atoms. The fraction of sp³-hybridized carbons (Fsp3) is 0.600. The Balaban J connectivity index is 1.62. The van der Waals surface area contributed by atoms with Crippen molar-refractivity contribution in [3.8, 4) is 5.75 Å². The Morgan fingerprint density at radius 1 is 1.25 bits per heavy atom. The normalized spacial score (nSPS) is 22.2. The number of rotatable bonds is 3. The number of ether oxygens (including phenoxy) is 1. The van der Waals surface area contributed by atoms with Gasteiger partial charge in [-0.25, -0.2) is 8.42 Å². The molecule has 0 bridgehead atoms. The third-order valence-corrected chi connectivity index (χ3v) is 5.96. The van der Waals surface area contributed by atoms with Crippen LogP contribution in [0.15, 0.2) is 18.2 Å². The summed E-state index contributed by atoms with van der Waals surface area (Å²) in [5.41, 5.74) is 2.63. The van der Waals surface area contributed by atoms with Gasteiger partial charge in [-0.2, -0.15) is 0 Å². The summed E-state index contributed by atoms with van der Waals surface area (Å²) in [4.78, 5) is 0. The largest absolute Gasteiger partial charge is 0.493 e. The van der Waals surface area contributed by atoms with Gasteiger partial charge in [0.05, 0.1) is 18.1 Å². The summed E-state index contributed by atoms with van der Waals surface area (Å²) in [5.74, 6) is 1.99. The molecule has 3 rings (SSSR count). The van der Waals surface area contributed by atoms with Gasteiger partial charge in [0.2, 0.25) is 0 Å². The maximum atomic E-state index is 11.4. The zero-order chi connectivity index (χ0) is 14.0. The van der Waals surface area contributed by atoms with Crippen LogP contribution in [0, 0.1) is 5.92 Å². The standard InChI is InChI=1S/C15H21NO3S/c17-20(18)8-5-12(6-9-20)11-19-15-3-1-2-13-10-16-7-4-14(13)15/h1-3,12,16H,4-11H2. The molecule has 0 atom stereocenters. The molecule has 0 unspecified atom stereocenters. The number of fused-ring (bicyclic) bond motifs is 1. The van der Waals surface area contributed by atoms with E-state index in [-0.39, 0.29) is 0 Å². The highest BCUT2D eigenvalue weighted by atomic mass is 32.2. The monoisotopic (exact) mass is 295 g/mol. The molecule has 0 aliphatic carbocycles. The molecular weight excluding hydrogens is 274 g/mol. The highest BCUT2D eigenvalue weighted by Crippen LogP contribution is 2.27. The second kappa shape index (κ2) is 5.74. The van der Waals surface area contributed by atoms with Crippen molar-refractivity contribution in [3.05, 3.63) is 29.3 Å². The lowest BCUT2D eigenvalue weighted by molar-refractivity contribution is 0.235. The number of sulfone groups is 1. The third-order valence-electron chi connectivity index (χ3n) is 4.25. The Morgan fingerprint density at radius 2 is 2.05 bits per heavy atom. The minimum absolute atomic E-state index is 0.317. The van der Waals surface area contributed by atoms with Crippen molar-refractivity contribution in [1.82, 2.24) is 5.32 Å². The first-order valence-electron chi connectivity index (χ1n) is 7.29. The van der Waals surface area contributed by atoms with Gasteiger partial charge in [0.25, 0.3) is 0 Å². The molecular formula is C15H21NO3S. The fourth-order valence-electron chi connectivity index (χ4n) is 2.95. The quantitative estimate of drug-likeness (QED) is 0.919. The fourth-order valence-corrected chi connectivity index (χ4v) is 4.53. The molecule has 1 fully saturated rings. The predicted molar refractivity (Wildman–Crippen MR) is 78.7 cm³/mol. The summed E-state index contributed by atoms with van der Waals surface area (Å²) >= 11 is 0. The average Bonchev–Trinajstić information content (AvgIpc) is 2.46. The van der Waals surface area contributed by atoms with E-state index in [9.17, 15) is 8.42 Å². The van der Waals surface area contributed by atoms with Gasteiger partial charge in [0.1, 0.15) is 15.6 Å². The van der Waals surface area contributed by atoms with Gasteiger partial charge in [0.15, 0.2) is 0 Å². The molecule has 2 aliphatic rings. The SMILES string of the molecule is O=S1(=O)CCC(COc2cccc3c2CCNC3)CC1. The molecule has 0 saturated carbocycles. The topological polar surface area (TPSA) is 55.4 Å². The maximum absolute atomic E-state index is 11.4. The van der Waals surface area contributed by atoms with Gasteiger partial charge in [-0.15, -0.1) is 0 Å². The van der Waals surface area contributed by atoms with Crippen LogP contribution in [-0.2, 0) is 22.8 Å². The van der Waals surface area contributed by atoms with Crippen LogP contribution in [0.4, 0.5) is 0 Å². The lowest BCUT2D eigenvalue weighted by Crippen LogP contribution is -2.28.